The van der Waals surface area contributed by atoms with E-state index >= 15 is 0 Å². The summed E-state index contributed by atoms with van der Waals surface area (Å²) in [4.78, 5) is 19.9. The second-order valence-corrected chi connectivity index (χ2v) is 5.69. The van der Waals surface area contributed by atoms with Crippen LogP contribution in [0.25, 0.3) is 11.0 Å². The number of carbonyl (C=O) groups is 1. The number of fused-ring (bicyclic) bond motifs is 2. The Bertz CT molecular complexity index is 811. The van der Waals surface area contributed by atoms with Crippen LogP contribution in [0, 0.1) is 0 Å². The zero-order valence-electron chi connectivity index (χ0n) is 13.5. The first kappa shape index (κ1) is 16.0. The molecule has 3 aromatic rings. The molecule has 0 spiro atoms. The molecular formula is C18H20N4O2. The second kappa shape index (κ2) is 7.14. The lowest BCUT2D eigenvalue weighted by Crippen LogP contribution is -2.31. The maximum atomic E-state index is 9.45. The third kappa shape index (κ3) is 3.55. The highest BCUT2D eigenvalue weighted by molar-refractivity contribution is 5.77. The van der Waals surface area contributed by atoms with Crippen molar-refractivity contribution in [1.29, 1.82) is 0 Å². The summed E-state index contributed by atoms with van der Waals surface area (Å²) in [5.41, 5.74) is 6.41. The minimum Gasteiger partial charge on any atom is -0.338 e. The molecule has 0 unspecified atom stereocenters. The quantitative estimate of drug-likeness (QED) is 0.475. The molecule has 6 heteroatoms. The van der Waals surface area contributed by atoms with E-state index in [1.54, 1.807) is 0 Å². The molecule has 0 fully saturated rings. The Morgan fingerprint density at radius 3 is 2.54 bits per heavy atom. The standard InChI is InChI=1S/C16H15N3.C2H5NO2/c1-2-6-13-11-19(10-9-12(13)5-1)16-17-14-7-3-4-8-15(14)18-16;1-2(4)3-5/h1-8H,9-11H2,(H,17,18);5H,1H3,(H,3,4). The highest BCUT2D eigenvalue weighted by atomic mass is 16.5. The van der Waals surface area contributed by atoms with E-state index in [2.05, 4.69) is 45.2 Å². The average molecular weight is 324 g/mol. The van der Waals surface area contributed by atoms with E-state index < -0.39 is 5.91 Å². The smallest absolute Gasteiger partial charge is 0.240 e. The van der Waals surface area contributed by atoms with Crippen molar-refractivity contribution < 1.29 is 10.0 Å². The Hall–Kier alpha value is -2.86. The van der Waals surface area contributed by atoms with Crippen LogP contribution in [-0.4, -0.2) is 27.6 Å². The van der Waals surface area contributed by atoms with Crippen LogP contribution in [0.2, 0.25) is 0 Å². The topological polar surface area (TPSA) is 81.2 Å². The summed E-state index contributed by atoms with van der Waals surface area (Å²) >= 11 is 0. The molecule has 0 aliphatic carbocycles. The van der Waals surface area contributed by atoms with Crippen LogP contribution < -0.4 is 10.4 Å². The fraction of sp³-hybridized carbons (Fsp3) is 0.222. The number of hydrogen-bond acceptors (Lipinski definition) is 4. The first-order valence-electron chi connectivity index (χ1n) is 7.84. The maximum Gasteiger partial charge on any atom is 0.240 e. The van der Waals surface area contributed by atoms with E-state index in [-0.39, 0.29) is 0 Å². The molecule has 1 amide bonds. The molecule has 3 N–H and O–H groups in total. The van der Waals surface area contributed by atoms with Crippen molar-refractivity contribution in [3.63, 3.8) is 0 Å². The summed E-state index contributed by atoms with van der Waals surface area (Å²) < 4.78 is 0. The van der Waals surface area contributed by atoms with Gasteiger partial charge in [0.1, 0.15) is 0 Å². The summed E-state index contributed by atoms with van der Waals surface area (Å²) in [5, 5.41) is 7.54. The van der Waals surface area contributed by atoms with Crippen molar-refractivity contribution in [3.05, 3.63) is 59.7 Å². The van der Waals surface area contributed by atoms with Gasteiger partial charge < -0.3 is 9.88 Å². The number of nitrogens with one attached hydrogen (secondary N) is 2. The normalized spacial score (nSPS) is 13.0. The molecular weight excluding hydrogens is 304 g/mol. The van der Waals surface area contributed by atoms with E-state index in [0.29, 0.717) is 0 Å². The molecule has 6 nitrogen and oxygen atoms in total. The first-order valence-corrected chi connectivity index (χ1v) is 7.84. The third-order valence-electron chi connectivity index (χ3n) is 3.96. The van der Waals surface area contributed by atoms with Gasteiger partial charge in [-0.2, -0.15) is 0 Å². The van der Waals surface area contributed by atoms with Crippen LogP contribution in [0.4, 0.5) is 5.95 Å². The van der Waals surface area contributed by atoms with Crippen LogP contribution in [0.15, 0.2) is 48.5 Å². The Morgan fingerprint density at radius 1 is 1.17 bits per heavy atom. The number of aromatic nitrogens is 2. The van der Waals surface area contributed by atoms with Gasteiger partial charge in [-0.25, -0.2) is 10.5 Å². The predicted molar refractivity (Wildman–Crippen MR) is 92.9 cm³/mol. The minimum absolute atomic E-state index is 0.440. The number of H-pyrrole nitrogens is 1. The lowest BCUT2D eigenvalue weighted by atomic mass is 10.0. The van der Waals surface area contributed by atoms with Crippen molar-refractivity contribution >= 4 is 22.9 Å². The van der Waals surface area contributed by atoms with Gasteiger partial charge in [-0.1, -0.05) is 36.4 Å². The molecule has 0 radical (unpaired) electrons. The molecule has 0 saturated heterocycles. The van der Waals surface area contributed by atoms with E-state index in [1.165, 1.54) is 23.5 Å². The zero-order chi connectivity index (χ0) is 16.9. The summed E-state index contributed by atoms with van der Waals surface area (Å²) in [6.07, 6.45) is 1.09. The van der Waals surface area contributed by atoms with Gasteiger partial charge in [0.2, 0.25) is 11.9 Å². The number of carbonyl (C=O) groups excluding carboxylic acids is 1. The van der Waals surface area contributed by atoms with Gasteiger partial charge >= 0.3 is 0 Å². The predicted octanol–water partition coefficient (Wildman–Crippen LogP) is 2.64. The third-order valence-corrected chi connectivity index (χ3v) is 3.96. The van der Waals surface area contributed by atoms with Crippen LogP contribution in [0.1, 0.15) is 18.1 Å². The number of benzene rings is 2. The van der Waals surface area contributed by atoms with Crippen LogP contribution in [-0.2, 0) is 17.8 Å². The molecule has 1 aliphatic rings. The molecule has 4 rings (SSSR count). The number of amides is 1. The minimum atomic E-state index is -0.440. The van der Waals surface area contributed by atoms with Gasteiger partial charge in [0.15, 0.2) is 0 Å². The summed E-state index contributed by atoms with van der Waals surface area (Å²) in [7, 11) is 0. The molecule has 124 valence electrons. The Labute approximate surface area is 140 Å². The largest absolute Gasteiger partial charge is 0.338 e. The maximum absolute atomic E-state index is 9.45. The number of imidazole rings is 1. The monoisotopic (exact) mass is 324 g/mol. The number of para-hydroxylation sites is 2. The highest BCUT2D eigenvalue weighted by Gasteiger charge is 2.18. The van der Waals surface area contributed by atoms with Crippen LogP contribution in [0.5, 0.6) is 0 Å². The van der Waals surface area contributed by atoms with Crippen LogP contribution >= 0.6 is 0 Å². The summed E-state index contributed by atoms with van der Waals surface area (Å²) in [5.74, 6) is 0.542. The van der Waals surface area contributed by atoms with Gasteiger partial charge in [-0.05, 0) is 29.7 Å². The van der Waals surface area contributed by atoms with E-state index in [9.17, 15) is 4.79 Å². The van der Waals surface area contributed by atoms with Gasteiger partial charge in [0.25, 0.3) is 0 Å². The van der Waals surface area contributed by atoms with Gasteiger partial charge in [0, 0.05) is 20.0 Å². The molecule has 0 bridgehead atoms. The molecule has 2 aromatic carbocycles. The lowest BCUT2D eigenvalue weighted by Gasteiger charge is -2.28. The SMILES string of the molecule is CC(=O)NO.c1ccc2c(c1)CCN(c1nc3ccccc3[nH]1)C2. The lowest BCUT2D eigenvalue weighted by molar-refractivity contribution is -0.126. The van der Waals surface area contributed by atoms with Gasteiger partial charge in [-0.3, -0.25) is 10.0 Å². The van der Waals surface area contributed by atoms with E-state index in [4.69, 9.17) is 5.21 Å². The fourth-order valence-corrected chi connectivity index (χ4v) is 2.77. The Morgan fingerprint density at radius 2 is 1.83 bits per heavy atom. The number of anilines is 1. The fourth-order valence-electron chi connectivity index (χ4n) is 2.77. The molecule has 1 aromatic heterocycles. The average Bonchev–Trinajstić information content (AvgIpc) is 3.06. The molecule has 2 heterocycles. The number of nitrogens with zero attached hydrogens (tertiary/aromatic N) is 2. The van der Waals surface area contributed by atoms with Gasteiger partial charge in [0.05, 0.1) is 11.0 Å². The summed E-state index contributed by atoms with van der Waals surface area (Å²) in [6.45, 7) is 3.19. The first-order chi connectivity index (χ1) is 11.7. The Kier molecular flexibility index (Phi) is 4.77. The van der Waals surface area contributed by atoms with Crippen molar-refractivity contribution in [1.82, 2.24) is 15.4 Å². The molecule has 0 saturated carbocycles. The number of rotatable bonds is 1. The van der Waals surface area contributed by atoms with Crippen LogP contribution in [0.3, 0.4) is 0 Å². The van der Waals surface area contributed by atoms with E-state index in [0.717, 1.165) is 36.5 Å². The summed E-state index contributed by atoms with van der Waals surface area (Å²) in [6, 6.07) is 16.9. The highest BCUT2D eigenvalue weighted by Crippen LogP contribution is 2.24. The van der Waals surface area contributed by atoms with Crippen molar-refractivity contribution in [2.75, 3.05) is 11.4 Å². The van der Waals surface area contributed by atoms with Crippen molar-refractivity contribution in [3.8, 4) is 0 Å². The molecule has 1 aliphatic heterocycles. The van der Waals surface area contributed by atoms with Crippen molar-refractivity contribution in [2.45, 2.75) is 19.9 Å². The van der Waals surface area contributed by atoms with E-state index in [1.807, 2.05) is 18.2 Å². The Balaban J connectivity index is 0.000000300. The van der Waals surface area contributed by atoms with Crippen molar-refractivity contribution in [2.24, 2.45) is 0 Å². The molecule has 24 heavy (non-hydrogen) atoms. The number of hydrogen-bond donors (Lipinski definition) is 3. The molecule has 0 atom stereocenters. The number of hydroxylamine groups is 1. The van der Waals surface area contributed by atoms with Gasteiger partial charge in [-0.15, -0.1) is 0 Å². The zero-order valence-corrected chi connectivity index (χ0v) is 13.5. The number of aromatic amines is 1. The second-order valence-electron chi connectivity index (χ2n) is 5.69.